The van der Waals surface area contributed by atoms with Crippen LogP contribution in [0.15, 0.2) is 51.7 Å². The van der Waals surface area contributed by atoms with Crippen LogP contribution in [-0.2, 0) is 11.0 Å². The molecule has 1 aliphatic rings. The summed E-state index contributed by atoms with van der Waals surface area (Å²) in [5, 5.41) is 2.80. The summed E-state index contributed by atoms with van der Waals surface area (Å²) in [5.74, 6) is -0.549. The van der Waals surface area contributed by atoms with E-state index in [1.165, 1.54) is 12.1 Å². The fraction of sp³-hybridized carbons (Fsp3) is 0.333. The Labute approximate surface area is 169 Å². The standard InChI is InChI=1S/C21H20F3N3O3/c22-21(23,24)14-2-1-3-16(11-14)27-8-6-13(7-9-27)10-19(28)25-15-4-5-17-18(12-15)30-20(29)26-17/h1-5,11-13H,6-10H2,(H,25,28)(H,26,29). The second-order valence-corrected chi connectivity index (χ2v) is 7.46. The van der Waals surface area contributed by atoms with Crippen LogP contribution in [0.3, 0.4) is 0 Å². The molecular weight excluding hydrogens is 399 g/mol. The minimum Gasteiger partial charge on any atom is -0.408 e. The largest absolute Gasteiger partial charge is 0.417 e. The van der Waals surface area contributed by atoms with Gasteiger partial charge in [-0.05, 0) is 49.1 Å². The molecule has 0 bridgehead atoms. The minimum absolute atomic E-state index is 0.148. The molecule has 0 unspecified atom stereocenters. The van der Waals surface area contributed by atoms with E-state index < -0.39 is 17.5 Å². The maximum atomic E-state index is 12.9. The summed E-state index contributed by atoms with van der Waals surface area (Å²) in [6.07, 6.45) is -2.60. The number of benzene rings is 2. The highest BCUT2D eigenvalue weighted by atomic mass is 19.4. The molecule has 2 heterocycles. The van der Waals surface area contributed by atoms with E-state index >= 15 is 0 Å². The van der Waals surface area contributed by atoms with Gasteiger partial charge in [0.1, 0.15) is 0 Å². The summed E-state index contributed by atoms with van der Waals surface area (Å²) < 4.78 is 43.7. The number of carbonyl (C=O) groups is 1. The van der Waals surface area contributed by atoms with Crippen molar-refractivity contribution in [2.45, 2.75) is 25.4 Å². The molecule has 1 aromatic heterocycles. The molecule has 0 radical (unpaired) electrons. The van der Waals surface area contributed by atoms with Gasteiger partial charge in [0.05, 0.1) is 11.1 Å². The molecule has 1 saturated heterocycles. The van der Waals surface area contributed by atoms with Gasteiger partial charge in [-0.2, -0.15) is 13.2 Å². The number of aromatic amines is 1. The first kappa shape index (κ1) is 20.1. The second kappa shape index (κ2) is 7.89. The van der Waals surface area contributed by atoms with Gasteiger partial charge < -0.3 is 14.6 Å². The van der Waals surface area contributed by atoms with Gasteiger partial charge in [0.2, 0.25) is 5.91 Å². The molecule has 0 spiro atoms. The molecule has 0 saturated carbocycles. The molecule has 6 nitrogen and oxygen atoms in total. The van der Waals surface area contributed by atoms with Crippen LogP contribution in [0.25, 0.3) is 11.1 Å². The van der Waals surface area contributed by atoms with Gasteiger partial charge in [-0.1, -0.05) is 6.07 Å². The van der Waals surface area contributed by atoms with Crippen molar-refractivity contribution in [2.75, 3.05) is 23.3 Å². The molecule has 30 heavy (non-hydrogen) atoms. The van der Waals surface area contributed by atoms with Crippen LogP contribution >= 0.6 is 0 Å². The van der Waals surface area contributed by atoms with E-state index in [2.05, 4.69) is 10.3 Å². The Bertz CT molecular complexity index is 1110. The Balaban J connectivity index is 1.32. The maximum absolute atomic E-state index is 12.9. The van der Waals surface area contributed by atoms with Crippen molar-refractivity contribution in [1.82, 2.24) is 4.98 Å². The van der Waals surface area contributed by atoms with E-state index in [9.17, 15) is 22.8 Å². The van der Waals surface area contributed by atoms with Crippen LogP contribution in [0.1, 0.15) is 24.8 Å². The highest BCUT2D eigenvalue weighted by Gasteiger charge is 2.31. The first-order valence-corrected chi connectivity index (χ1v) is 9.63. The van der Waals surface area contributed by atoms with Crippen molar-refractivity contribution in [3.63, 3.8) is 0 Å². The van der Waals surface area contributed by atoms with E-state index in [0.717, 1.165) is 18.9 Å². The molecule has 4 rings (SSSR count). The number of amides is 1. The Morgan fingerprint density at radius 3 is 2.67 bits per heavy atom. The molecule has 2 aromatic carbocycles. The topological polar surface area (TPSA) is 78.3 Å². The number of piperidine rings is 1. The third kappa shape index (κ3) is 4.50. The number of nitrogens with one attached hydrogen (secondary N) is 2. The Kier molecular flexibility index (Phi) is 5.27. The number of aromatic nitrogens is 1. The Morgan fingerprint density at radius 1 is 1.17 bits per heavy atom. The van der Waals surface area contributed by atoms with Gasteiger partial charge >= 0.3 is 11.9 Å². The summed E-state index contributed by atoms with van der Waals surface area (Å²) in [4.78, 5) is 28.0. The SMILES string of the molecule is O=C(CC1CCN(c2cccc(C(F)(F)F)c2)CC1)Nc1ccc2[nH]c(=O)oc2c1. The number of hydrogen-bond donors (Lipinski definition) is 2. The zero-order valence-corrected chi connectivity index (χ0v) is 16.0. The normalized spacial score (nSPS) is 15.5. The molecule has 0 atom stereocenters. The monoisotopic (exact) mass is 419 g/mol. The number of fused-ring (bicyclic) bond motifs is 1. The van der Waals surface area contributed by atoms with Crippen molar-refractivity contribution in [3.05, 3.63) is 58.6 Å². The smallest absolute Gasteiger partial charge is 0.408 e. The zero-order chi connectivity index (χ0) is 21.3. The van der Waals surface area contributed by atoms with Crippen molar-refractivity contribution >= 4 is 28.4 Å². The van der Waals surface area contributed by atoms with Crippen molar-refractivity contribution in [2.24, 2.45) is 5.92 Å². The van der Waals surface area contributed by atoms with Gasteiger partial charge in [-0.15, -0.1) is 0 Å². The fourth-order valence-electron chi connectivity index (χ4n) is 3.77. The molecule has 1 amide bonds. The lowest BCUT2D eigenvalue weighted by molar-refractivity contribution is -0.137. The lowest BCUT2D eigenvalue weighted by Crippen LogP contribution is -2.35. The summed E-state index contributed by atoms with van der Waals surface area (Å²) in [5.41, 5.74) is 1.36. The predicted molar refractivity (Wildman–Crippen MR) is 106 cm³/mol. The number of rotatable bonds is 4. The van der Waals surface area contributed by atoms with Gasteiger partial charge in [0.25, 0.3) is 0 Å². The summed E-state index contributed by atoms with van der Waals surface area (Å²) in [7, 11) is 0. The van der Waals surface area contributed by atoms with E-state index in [1.807, 2.05) is 4.90 Å². The van der Waals surface area contributed by atoms with Gasteiger partial charge in [-0.3, -0.25) is 9.78 Å². The predicted octanol–water partition coefficient (Wildman–Crippen LogP) is 4.39. The fourth-order valence-corrected chi connectivity index (χ4v) is 3.77. The molecule has 9 heteroatoms. The van der Waals surface area contributed by atoms with E-state index in [0.29, 0.717) is 42.0 Å². The average molecular weight is 419 g/mol. The van der Waals surface area contributed by atoms with Crippen molar-refractivity contribution < 1.29 is 22.4 Å². The highest BCUT2D eigenvalue weighted by Crippen LogP contribution is 2.33. The number of halogens is 3. The van der Waals surface area contributed by atoms with Gasteiger partial charge in [-0.25, -0.2) is 4.79 Å². The van der Waals surface area contributed by atoms with Crippen molar-refractivity contribution in [1.29, 1.82) is 0 Å². The number of anilines is 2. The second-order valence-electron chi connectivity index (χ2n) is 7.46. The number of alkyl halides is 3. The maximum Gasteiger partial charge on any atom is 0.417 e. The summed E-state index contributed by atoms with van der Waals surface area (Å²) >= 11 is 0. The molecule has 158 valence electrons. The molecule has 1 aliphatic heterocycles. The molecule has 1 fully saturated rings. The summed E-state index contributed by atoms with van der Waals surface area (Å²) in [6, 6.07) is 10.3. The highest BCUT2D eigenvalue weighted by molar-refractivity contribution is 5.92. The van der Waals surface area contributed by atoms with Crippen LogP contribution < -0.4 is 16.0 Å². The molecule has 0 aliphatic carbocycles. The quantitative estimate of drug-likeness (QED) is 0.658. The number of oxazole rings is 1. The van der Waals surface area contributed by atoms with Crippen LogP contribution in [0.4, 0.5) is 24.5 Å². The Morgan fingerprint density at radius 2 is 1.93 bits per heavy atom. The number of nitrogens with zero attached hydrogens (tertiary/aromatic N) is 1. The number of carbonyl (C=O) groups excluding carboxylic acids is 1. The van der Waals surface area contributed by atoms with E-state index in [-0.39, 0.29) is 11.8 Å². The van der Waals surface area contributed by atoms with E-state index in [1.54, 1.807) is 24.3 Å². The van der Waals surface area contributed by atoms with Gasteiger partial charge in [0, 0.05) is 37.0 Å². The lowest BCUT2D eigenvalue weighted by atomic mass is 9.92. The van der Waals surface area contributed by atoms with Gasteiger partial charge in [0.15, 0.2) is 5.58 Å². The van der Waals surface area contributed by atoms with E-state index in [4.69, 9.17) is 4.42 Å². The average Bonchev–Trinajstić information content (AvgIpc) is 3.07. The first-order chi connectivity index (χ1) is 14.3. The minimum atomic E-state index is -4.36. The van der Waals surface area contributed by atoms with Crippen LogP contribution in [0, 0.1) is 5.92 Å². The molecule has 2 N–H and O–H groups in total. The van der Waals surface area contributed by atoms with Crippen LogP contribution in [-0.4, -0.2) is 24.0 Å². The zero-order valence-electron chi connectivity index (χ0n) is 16.0. The third-order valence-corrected chi connectivity index (χ3v) is 5.33. The Hall–Kier alpha value is -3.23. The molecule has 3 aromatic rings. The molecular formula is C21H20F3N3O3. The number of H-pyrrole nitrogens is 1. The first-order valence-electron chi connectivity index (χ1n) is 9.63. The van der Waals surface area contributed by atoms with Crippen LogP contribution in [0.5, 0.6) is 0 Å². The van der Waals surface area contributed by atoms with Crippen LogP contribution in [0.2, 0.25) is 0 Å². The summed E-state index contributed by atoms with van der Waals surface area (Å²) in [6.45, 7) is 1.19. The van der Waals surface area contributed by atoms with Crippen molar-refractivity contribution in [3.8, 4) is 0 Å². The lowest BCUT2D eigenvalue weighted by Gasteiger charge is -2.33. The number of hydrogen-bond acceptors (Lipinski definition) is 4. The third-order valence-electron chi connectivity index (χ3n) is 5.33.